The van der Waals surface area contributed by atoms with Crippen molar-refractivity contribution in [2.24, 2.45) is 0 Å². The second kappa shape index (κ2) is 3.46. The van der Waals surface area contributed by atoms with Gasteiger partial charge in [-0.25, -0.2) is 19.4 Å². The third-order valence-corrected chi connectivity index (χ3v) is 1.74. The number of hydrogen-bond acceptors (Lipinski definition) is 5. The van der Waals surface area contributed by atoms with E-state index in [1.807, 2.05) is 10.1 Å². The van der Waals surface area contributed by atoms with Crippen LogP contribution in [0.3, 0.4) is 0 Å². The van der Waals surface area contributed by atoms with Crippen LogP contribution in [0.5, 0.6) is 0 Å². The zero-order valence-corrected chi connectivity index (χ0v) is 7.67. The van der Waals surface area contributed by atoms with Crippen molar-refractivity contribution in [3.05, 3.63) is 38.8 Å². The zero-order valence-electron chi connectivity index (χ0n) is 7.67. The van der Waals surface area contributed by atoms with Crippen LogP contribution in [0.4, 0.5) is 0 Å². The van der Waals surface area contributed by atoms with Crippen molar-refractivity contribution in [3.8, 4) is 5.82 Å². The second-order valence-corrected chi connectivity index (χ2v) is 2.81. The maximum Gasteiger partial charge on any atom is 0.342 e. The highest BCUT2D eigenvalue weighted by atomic mass is 16.4. The standard InChI is InChI=1S/C7H5N5O4/c13-5-4(10-11-7(16)9-5)12-2-3(1-8-12)6(14)15/h1-2H,(H,14,15)(H2,9,11,13,16). The first kappa shape index (κ1) is 9.83. The Kier molecular flexibility index (Phi) is 2.12. The summed E-state index contributed by atoms with van der Waals surface area (Å²) < 4.78 is 0.957. The van der Waals surface area contributed by atoms with Crippen LogP contribution in [0, 0.1) is 0 Å². The number of carboxylic acid groups (broad SMARTS) is 1. The molecule has 9 heteroatoms. The summed E-state index contributed by atoms with van der Waals surface area (Å²) in [6.45, 7) is 0. The molecule has 0 radical (unpaired) electrons. The van der Waals surface area contributed by atoms with Gasteiger partial charge in [0.1, 0.15) is 0 Å². The molecule has 0 spiro atoms. The first-order chi connectivity index (χ1) is 7.58. The van der Waals surface area contributed by atoms with Gasteiger partial charge in [0.2, 0.25) is 5.82 Å². The minimum atomic E-state index is -1.17. The van der Waals surface area contributed by atoms with E-state index in [4.69, 9.17) is 5.11 Å². The van der Waals surface area contributed by atoms with Crippen molar-refractivity contribution in [3.63, 3.8) is 0 Å². The van der Waals surface area contributed by atoms with Crippen molar-refractivity contribution in [2.75, 3.05) is 0 Å². The monoisotopic (exact) mass is 223 g/mol. The normalized spacial score (nSPS) is 10.2. The van der Waals surface area contributed by atoms with Gasteiger partial charge in [0, 0.05) is 6.20 Å². The summed E-state index contributed by atoms with van der Waals surface area (Å²) in [6.07, 6.45) is 2.17. The number of rotatable bonds is 2. The third-order valence-electron chi connectivity index (χ3n) is 1.74. The van der Waals surface area contributed by atoms with Gasteiger partial charge in [0.15, 0.2) is 0 Å². The van der Waals surface area contributed by atoms with Crippen LogP contribution in [-0.2, 0) is 0 Å². The number of carbonyl (C=O) groups is 1. The minimum absolute atomic E-state index is 0.0904. The Labute approximate surface area is 86.4 Å². The molecular formula is C7H5N5O4. The van der Waals surface area contributed by atoms with E-state index in [-0.39, 0.29) is 11.4 Å². The SMILES string of the molecule is O=C(O)c1cnn(-c2n[nH]c(=O)[nH]c2=O)c1. The molecule has 82 valence electrons. The first-order valence-electron chi connectivity index (χ1n) is 4.05. The number of nitrogens with zero attached hydrogens (tertiary/aromatic N) is 3. The van der Waals surface area contributed by atoms with Crippen LogP contribution < -0.4 is 11.2 Å². The minimum Gasteiger partial charge on any atom is -0.478 e. The molecule has 2 aromatic heterocycles. The molecule has 2 rings (SSSR count). The summed E-state index contributed by atoms with van der Waals surface area (Å²) in [5, 5.41) is 17.7. The highest BCUT2D eigenvalue weighted by Crippen LogP contribution is 1.99. The number of aromatic carboxylic acids is 1. The number of aromatic amines is 2. The highest BCUT2D eigenvalue weighted by molar-refractivity contribution is 5.86. The van der Waals surface area contributed by atoms with Crippen LogP contribution in [-0.4, -0.2) is 36.0 Å². The van der Waals surface area contributed by atoms with Gasteiger partial charge in [-0.05, 0) is 0 Å². The van der Waals surface area contributed by atoms with E-state index in [1.54, 1.807) is 0 Å². The third kappa shape index (κ3) is 1.61. The summed E-state index contributed by atoms with van der Waals surface area (Å²) in [6, 6.07) is 0. The highest BCUT2D eigenvalue weighted by Gasteiger charge is 2.10. The van der Waals surface area contributed by atoms with Gasteiger partial charge in [-0.2, -0.15) is 5.10 Å². The zero-order chi connectivity index (χ0) is 11.7. The van der Waals surface area contributed by atoms with Crippen molar-refractivity contribution in [1.29, 1.82) is 0 Å². The van der Waals surface area contributed by atoms with Crippen LogP contribution in [0.1, 0.15) is 10.4 Å². The van der Waals surface area contributed by atoms with Crippen molar-refractivity contribution < 1.29 is 9.90 Å². The van der Waals surface area contributed by atoms with Gasteiger partial charge >= 0.3 is 11.7 Å². The number of H-pyrrole nitrogens is 2. The summed E-state index contributed by atoms with van der Waals surface area (Å²) >= 11 is 0. The van der Waals surface area contributed by atoms with E-state index in [9.17, 15) is 14.4 Å². The smallest absolute Gasteiger partial charge is 0.342 e. The molecule has 0 aliphatic rings. The van der Waals surface area contributed by atoms with E-state index >= 15 is 0 Å². The number of hydrogen-bond donors (Lipinski definition) is 3. The molecule has 0 saturated carbocycles. The molecule has 3 N–H and O–H groups in total. The first-order valence-corrected chi connectivity index (χ1v) is 4.05. The molecule has 0 bridgehead atoms. The molecule has 9 nitrogen and oxygen atoms in total. The van der Waals surface area contributed by atoms with Gasteiger partial charge in [0.25, 0.3) is 5.56 Å². The van der Waals surface area contributed by atoms with E-state index in [0.717, 1.165) is 17.1 Å². The molecule has 2 aromatic rings. The van der Waals surface area contributed by atoms with E-state index in [2.05, 4.69) is 10.2 Å². The lowest BCUT2D eigenvalue weighted by atomic mass is 10.4. The van der Waals surface area contributed by atoms with Crippen LogP contribution in [0.25, 0.3) is 5.82 Å². The van der Waals surface area contributed by atoms with Crippen LogP contribution in [0.2, 0.25) is 0 Å². The van der Waals surface area contributed by atoms with E-state index < -0.39 is 17.2 Å². The maximum atomic E-state index is 11.3. The molecule has 0 saturated heterocycles. The Morgan fingerprint density at radius 1 is 1.44 bits per heavy atom. The van der Waals surface area contributed by atoms with Crippen molar-refractivity contribution in [2.45, 2.75) is 0 Å². The molecule has 0 fully saturated rings. The Morgan fingerprint density at radius 3 is 2.75 bits per heavy atom. The van der Waals surface area contributed by atoms with Gasteiger partial charge in [0.05, 0.1) is 11.8 Å². The lowest BCUT2D eigenvalue weighted by Crippen LogP contribution is -2.28. The quantitative estimate of drug-likeness (QED) is 0.558. The molecule has 0 aromatic carbocycles. The fourth-order valence-electron chi connectivity index (χ4n) is 1.05. The average Bonchev–Trinajstić information content (AvgIpc) is 2.66. The number of nitrogens with one attached hydrogen (secondary N) is 2. The van der Waals surface area contributed by atoms with Crippen LogP contribution in [0.15, 0.2) is 22.0 Å². The molecule has 0 aliphatic heterocycles. The Bertz CT molecular complexity index is 651. The van der Waals surface area contributed by atoms with Gasteiger partial charge in [-0.3, -0.25) is 9.78 Å². The van der Waals surface area contributed by atoms with Crippen LogP contribution >= 0.6 is 0 Å². The molecule has 16 heavy (non-hydrogen) atoms. The number of carboxylic acids is 1. The van der Waals surface area contributed by atoms with E-state index in [0.29, 0.717) is 0 Å². The summed E-state index contributed by atoms with van der Waals surface area (Å²) in [5.41, 5.74) is -1.60. The van der Waals surface area contributed by atoms with Crippen molar-refractivity contribution in [1.82, 2.24) is 25.0 Å². The molecule has 0 aliphatic carbocycles. The largest absolute Gasteiger partial charge is 0.478 e. The molecule has 0 amide bonds. The summed E-state index contributed by atoms with van der Waals surface area (Å²) in [7, 11) is 0. The molecular weight excluding hydrogens is 218 g/mol. The van der Waals surface area contributed by atoms with Crippen molar-refractivity contribution >= 4 is 5.97 Å². The average molecular weight is 223 g/mol. The topological polar surface area (TPSA) is 134 Å². The summed E-state index contributed by atoms with van der Waals surface area (Å²) in [4.78, 5) is 34.5. The Morgan fingerprint density at radius 2 is 2.19 bits per heavy atom. The second-order valence-electron chi connectivity index (χ2n) is 2.81. The fraction of sp³-hybridized carbons (Fsp3) is 0. The molecule has 0 unspecified atom stereocenters. The fourth-order valence-corrected chi connectivity index (χ4v) is 1.05. The summed E-state index contributed by atoms with van der Waals surface area (Å²) in [5.74, 6) is -1.39. The van der Waals surface area contributed by atoms with Gasteiger partial charge in [-0.15, -0.1) is 5.10 Å². The maximum absolute atomic E-state index is 11.3. The van der Waals surface area contributed by atoms with Gasteiger partial charge < -0.3 is 5.11 Å². The lowest BCUT2D eigenvalue weighted by molar-refractivity contribution is 0.0697. The van der Waals surface area contributed by atoms with E-state index in [1.165, 1.54) is 0 Å². The predicted molar refractivity (Wildman–Crippen MR) is 49.6 cm³/mol. The Balaban J connectivity index is 2.55. The molecule has 0 atom stereocenters. The lowest BCUT2D eigenvalue weighted by Gasteiger charge is -1.95. The predicted octanol–water partition coefficient (Wildman–Crippen LogP) is -1.66. The Hall–Kier alpha value is -2.71. The molecule has 2 heterocycles. The van der Waals surface area contributed by atoms with Gasteiger partial charge in [-0.1, -0.05) is 0 Å². The number of aromatic nitrogens is 5.